The topological polar surface area (TPSA) is 115 Å². The number of anilines is 2. The van der Waals surface area contributed by atoms with E-state index in [0.717, 1.165) is 12.5 Å². The molecule has 0 bridgehead atoms. The van der Waals surface area contributed by atoms with Gasteiger partial charge in [-0.1, -0.05) is 36.4 Å². The number of benzene rings is 3. The minimum atomic E-state index is -3.63. The fourth-order valence-corrected chi connectivity index (χ4v) is 3.56. The monoisotopic (exact) mass is 450 g/mol. The first-order chi connectivity index (χ1) is 15.3. The Hall–Kier alpha value is -4.11. The van der Waals surface area contributed by atoms with Gasteiger partial charge in [0.25, 0.3) is 5.91 Å². The highest BCUT2D eigenvalue weighted by Gasteiger charge is 2.17. The van der Waals surface area contributed by atoms with Crippen molar-refractivity contribution in [3.8, 4) is 11.5 Å². The predicted octanol–water partition coefficient (Wildman–Crippen LogP) is 4.21. The molecule has 0 aliphatic heterocycles. The van der Waals surface area contributed by atoms with Gasteiger partial charge in [-0.15, -0.1) is 0 Å². The molecule has 4 rings (SSSR count). The van der Waals surface area contributed by atoms with Gasteiger partial charge in [-0.2, -0.15) is 0 Å². The van der Waals surface area contributed by atoms with E-state index in [0.29, 0.717) is 11.3 Å². The fraction of sp³-hybridized carbons (Fsp3) is 0.0435. The Bertz CT molecular complexity index is 1450. The summed E-state index contributed by atoms with van der Waals surface area (Å²) in [5.41, 5.74) is 0.0559. The van der Waals surface area contributed by atoms with Crippen molar-refractivity contribution in [2.75, 3.05) is 16.3 Å². The number of ether oxygens (including phenoxy) is 1. The van der Waals surface area contributed by atoms with Gasteiger partial charge in [0.05, 0.1) is 17.3 Å². The second kappa shape index (κ2) is 8.56. The fourth-order valence-electron chi connectivity index (χ4n) is 3.01. The lowest BCUT2D eigenvalue weighted by molar-refractivity contribution is 0.102. The molecule has 1 aromatic heterocycles. The summed E-state index contributed by atoms with van der Waals surface area (Å²) in [5.74, 6) is 0.0858. The molecule has 9 heteroatoms. The molecule has 3 aromatic carbocycles. The zero-order valence-electron chi connectivity index (χ0n) is 16.9. The third-order valence-corrected chi connectivity index (χ3v) is 5.02. The summed E-state index contributed by atoms with van der Waals surface area (Å²) < 4.78 is 37.3. The second-order valence-corrected chi connectivity index (χ2v) is 8.68. The number of hydrogen-bond donors (Lipinski definition) is 2. The van der Waals surface area contributed by atoms with E-state index < -0.39 is 21.4 Å². The van der Waals surface area contributed by atoms with Crippen molar-refractivity contribution in [1.82, 2.24) is 0 Å². The third-order valence-electron chi connectivity index (χ3n) is 4.43. The molecule has 0 aliphatic rings. The van der Waals surface area contributed by atoms with E-state index in [1.807, 2.05) is 0 Å². The van der Waals surface area contributed by atoms with Crippen LogP contribution in [0.3, 0.4) is 0 Å². The average Bonchev–Trinajstić information content (AvgIpc) is 2.77. The number of nitrogens with one attached hydrogen (secondary N) is 2. The molecule has 1 amide bonds. The lowest BCUT2D eigenvalue weighted by atomic mass is 10.1. The largest absolute Gasteiger partial charge is 0.462 e. The van der Waals surface area contributed by atoms with Crippen molar-refractivity contribution in [3.05, 3.63) is 94.8 Å². The van der Waals surface area contributed by atoms with Crippen molar-refractivity contribution in [3.63, 3.8) is 0 Å². The van der Waals surface area contributed by atoms with Crippen molar-refractivity contribution in [1.29, 1.82) is 0 Å². The number of fused-ring (bicyclic) bond motifs is 1. The van der Waals surface area contributed by atoms with Gasteiger partial charge in [0.1, 0.15) is 23.3 Å². The Kier molecular flexibility index (Phi) is 5.65. The van der Waals surface area contributed by atoms with Gasteiger partial charge in [0, 0.05) is 11.6 Å². The first-order valence-corrected chi connectivity index (χ1v) is 11.4. The Labute approximate surface area is 183 Å². The quantitative estimate of drug-likeness (QED) is 0.455. The Morgan fingerprint density at radius 3 is 2.25 bits per heavy atom. The molecule has 0 saturated heterocycles. The number of carbonyl (C=O) groups excluding carboxylic acids is 1. The number of hydrogen-bond acceptors (Lipinski definition) is 6. The molecule has 0 atom stereocenters. The zero-order valence-corrected chi connectivity index (χ0v) is 17.7. The highest BCUT2D eigenvalue weighted by Crippen LogP contribution is 2.34. The SMILES string of the molecule is CS(=O)(=O)Nc1cc2occ(NC(=O)c3ccccc3)c(=O)c2cc1Oc1ccccc1. The minimum Gasteiger partial charge on any atom is -0.462 e. The molecule has 0 saturated carbocycles. The van der Waals surface area contributed by atoms with E-state index in [-0.39, 0.29) is 28.1 Å². The molecule has 4 aromatic rings. The summed E-state index contributed by atoms with van der Waals surface area (Å²) in [7, 11) is -3.63. The van der Waals surface area contributed by atoms with Gasteiger partial charge in [0.15, 0.2) is 5.75 Å². The van der Waals surface area contributed by atoms with Gasteiger partial charge < -0.3 is 14.5 Å². The van der Waals surface area contributed by atoms with Crippen LogP contribution in [-0.4, -0.2) is 20.6 Å². The summed E-state index contributed by atoms with van der Waals surface area (Å²) in [5, 5.41) is 2.66. The van der Waals surface area contributed by atoms with Crippen molar-refractivity contribution in [2.45, 2.75) is 0 Å². The molecule has 2 N–H and O–H groups in total. The van der Waals surface area contributed by atoms with Gasteiger partial charge in [-0.3, -0.25) is 14.3 Å². The van der Waals surface area contributed by atoms with Crippen molar-refractivity contribution >= 4 is 38.3 Å². The maximum absolute atomic E-state index is 13.0. The summed E-state index contributed by atoms with van der Waals surface area (Å²) in [4.78, 5) is 25.5. The average molecular weight is 450 g/mol. The first-order valence-electron chi connectivity index (χ1n) is 9.47. The van der Waals surface area contributed by atoms with Crippen LogP contribution >= 0.6 is 0 Å². The maximum atomic E-state index is 13.0. The molecule has 0 radical (unpaired) electrons. The maximum Gasteiger partial charge on any atom is 0.255 e. The predicted molar refractivity (Wildman–Crippen MR) is 122 cm³/mol. The minimum absolute atomic E-state index is 0.0548. The van der Waals surface area contributed by atoms with Gasteiger partial charge >= 0.3 is 0 Å². The number of rotatable bonds is 6. The van der Waals surface area contributed by atoms with Crippen LogP contribution in [0.5, 0.6) is 11.5 Å². The smallest absolute Gasteiger partial charge is 0.255 e. The van der Waals surface area contributed by atoms with Gasteiger partial charge in [-0.05, 0) is 30.3 Å². The number of carbonyl (C=O) groups is 1. The van der Waals surface area contributed by atoms with Crippen LogP contribution in [0.25, 0.3) is 11.0 Å². The van der Waals surface area contributed by atoms with E-state index in [4.69, 9.17) is 9.15 Å². The van der Waals surface area contributed by atoms with Crippen molar-refractivity contribution in [2.24, 2.45) is 0 Å². The van der Waals surface area contributed by atoms with Crippen LogP contribution < -0.4 is 20.2 Å². The van der Waals surface area contributed by atoms with E-state index in [9.17, 15) is 18.0 Å². The van der Waals surface area contributed by atoms with E-state index in [2.05, 4.69) is 10.0 Å². The molecule has 8 nitrogen and oxygen atoms in total. The molecule has 0 aliphatic carbocycles. The lowest BCUT2D eigenvalue weighted by Crippen LogP contribution is -2.18. The Morgan fingerprint density at radius 2 is 1.59 bits per heavy atom. The number of amides is 1. The van der Waals surface area contributed by atoms with Gasteiger partial charge in [-0.25, -0.2) is 8.42 Å². The highest BCUT2D eigenvalue weighted by molar-refractivity contribution is 7.92. The van der Waals surface area contributed by atoms with Crippen LogP contribution in [-0.2, 0) is 10.0 Å². The van der Waals surface area contributed by atoms with Gasteiger partial charge in [0.2, 0.25) is 15.5 Å². The molecular weight excluding hydrogens is 432 g/mol. The van der Waals surface area contributed by atoms with Crippen LogP contribution in [0.15, 0.2) is 88.3 Å². The van der Waals surface area contributed by atoms with E-state index >= 15 is 0 Å². The normalized spacial score (nSPS) is 11.2. The van der Waals surface area contributed by atoms with Crippen LogP contribution in [0.2, 0.25) is 0 Å². The third kappa shape index (κ3) is 4.79. The van der Waals surface area contributed by atoms with Crippen molar-refractivity contribution < 1.29 is 22.4 Å². The number of para-hydroxylation sites is 1. The zero-order chi connectivity index (χ0) is 22.7. The van der Waals surface area contributed by atoms with Crippen LogP contribution in [0.1, 0.15) is 10.4 Å². The molecule has 162 valence electrons. The highest BCUT2D eigenvalue weighted by atomic mass is 32.2. The van der Waals surface area contributed by atoms with Crippen LogP contribution in [0.4, 0.5) is 11.4 Å². The molecule has 1 heterocycles. The standard InChI is InChI=1S/C23H18N2O6S/c1-32(28,29)25-18-13-20-17(12-21(18)31-16-10-6-3-7-11-16)22(26)19(14-30-20)24-23(27)15-8-4-2-5-9-15/h2-14,25H,1H3,(H,24,27). The van der Waals surface area contributed by atoms with E-state index in [1.165, 1.54) is 12.1 Å². The van der Waals surface area contributed by atoms with E-state index in [1.54, 1.807) is 60.7 Å². The van der Waals surface area contributed by atoms with Crippen LogP contribution in [0, 0.1) is 0 Å². The first kappa shape index (κ1) is 21.1. The molecule has 32 heavy (non-hydrogen) atoms. The Balaban J connectivity index is 1.78. The summed E-state index contributed by atoms with van der Waals surface area (Å²) in [6, 6.07) is 19.9. The Morgan fingerprint density at radius 1 is 0.938 bits per heavy atom. The summed E-state index contributed by atoms with van der Waals surface area (Å²) in [6.07, 6.45) is 2.12. The summed E-state index contributed by atoms with van der Waals surface area (Å²) in [6.45, 7) is 0. The molecule has 0 unspecified atom stereocenters. The second-order valence-electron chi connectivity index (χ2n) is 6.93. The number of sulfonamides is 1. The summed E-state index contributed by atoms with van der Waals surface area (Å²) >= 11 is 0. The molecule has 0 fully saturated rings. The molecular formula is C23H18N2O6S. The molecule has 0 spiro atoms. The lowest BCUT2D eigenvalue weighted by Gasteiger charge is -2.13.